The first-order valence-electron chi connectivity index (χ1n) is 9.24. The average molecular weight is 357 g/mol. The molecule has 0 aromatic carbocycles. The van der Waals surface area contributed by atoms with Gasteiger partial charge in [-0.1, -0.05) is 12.8 Å². The van der Waals surface area contributed by atoms with Gasteiger partial charge in [0, 0.05) is 42.8 Å². The molecule has 2 fully saturated rings. The number of aromatic nitrogens is 3. The number of rotatable bonds is 3. The number of fused-ring (bicyclic) bond motifs is 1. The van der Waals surface area contributed by atoms with Crippen molar-refractivity contribution in [2.24, 2.45) is 0 Å². The molecule has 4 rings (SSSR count). The highest BCUT2D eigenvalue weighted by molar-refractivity contribution is 5.75. The van der Waals surface area contributed by atoms with Crippen LogP contribution in [-0.2, 0) is 0 Å². The summed E-state index contributed by atoms with van der Waals surface area (Å²) in [6.07, 6.45) is 6.64. The van der Waals surface area contributed by atoms with Gasteiger partial charge < -0.3 is 15.3 Å². The number of carboxylic acid groups (broad SMARTS) is 1. The van der Waals surface area contributed by atoms with Gasteiger partial charge in [0.05, 0.1) is 0 Å². The SMILES string of the molecule is O=C(O)N1CCC(Nc2ncc3ccc(=O)n(C4CCCC4)c3n2)CC1. The maximum absolute atomic E-state index is 12.4. The summed E-state index contributed by atoms with van der Waals surface area (Å²) in [5.74, 6) is 0.503. The predicted molar refractivity (Wildman–Crippen MR) is 97.5 cm³/mol. The van der Waals surface area contributed by atoms with E-state index in [0.29, 0.717) is 24.7 Å². The molecule has 1 saturated carbocycles. The van der Waals surface area contributed by atoms with E-state index in [1.807, 2.05) is 4.57 Å². The van der Waals surface area contributed by atoms with Crippen LogP contribution in [0.2, 0.25) is 0 Å². The molecule has 2 N–H and O–H groups in total. The fraction of sp³-hybridized carbons (Fsp3) is 0.556. The lowest BCUT2D eigenvalue weighted by Gasteiger charge is -2.30. The lowest BCUT2D eigenvalue weighted by molar-refractivity contribution is 0.133. The summed E-state index contributed by atoms with van der Waals surface area (Å²) >= 11 is 0. The Balaban J connectivity index is 1.58. The number of nitrogens with zero attached hydrogens (tertiary/aromatic N) is 4. The quantitative estimate of drug-likeness (QED) is 0.875. The maximum atomic E-state index is 12.4. The zero-order valence-corrected chi connectivity index (χ0v) is 14.6. The monoisotopic (exact) mass is 357 g/mol. The summed E-state index contributed by atoms with van der Waals surface area (Å²) in [6.45, 7) is 1.01. The van der Waals surface area contributed by atoms with Crippen LogP contribution in [-0.4, -0.2) is 49.8 Å². The van der Waals surface area contributed by atoms with Gasteiger partial charge in [0.1, 0.15) is 5.65 Å². The predicted octanol–water partition coefficient (Wildman–Crippen LogP) is 2.46. The molecule has 0 unspecified atom stereocenters. The van der Waals surface area contributed by atoms with Gasteiger partial charge in [-0.3, -0.25) is 9.36 Å². The Kier molecular flexibility index (Phi) is 4.48. The van der Waals surface area contributed by atoms with Crippen molar-refractivity contribution in [3.8, 4) is 0 Å². The maximum Gasteiger partial charge on any atom is 0.407 e. The fourth-order valence-corrected chi connectivity index (χ4v) is 4.02. The number of piperidine rings is 1. The van der Waals surface area contributed by atoms with E-state index in [0.717, 1.165) is 43.9 Å². The molecule has 1 aliphatic carbocycles. The molecular weight excluding hydrogens is 334 g/mol. The van der Waals surface area contributed by atoms with Crippen molar-refractivity contribution in [3.05, 3.63) is 28.7 Å². The number of nitrogens with one attached hydrogen (secondary N) is 1. The van der Waals surface area contributed by atoms with Crippen LogP contribution in [0, 0.1) is 0 Å². The minimum atomic E-state index is -0.869. The summed E-state index contributed by atoms with van der Waals surface area (Å²) in [5.41, 5.74) is 0.675. The van der Waals surface area contributed by atoms with Gasteiger partial charge in [-0.2, -0.15) is 4.98 Å². The molecule has 0 spiro atoms. The molecule has 1 amide bonds. The zero-order chi connectivity index (χ0) is 18.1. The number of likely N-dealkylation sites (tertiary alicyclic amines) is 1. The minimum Gasteiger partial charge on any atom is -0.465 e. The number of hydrogen-bond acceptors (Lipinski definition) is 5. The van der Waals surface area contributed by atoms with E-state index in [9.17, 15) is 9.59 Å². The van der Waals surface area contributed by atoms with Crippen LogP contribution in [0.1, 0.15) is 44.6 Å². The van der Waals surface area contributed by atoms with Crippen LogP contribution in [0.25, 0.3) is 11.0 Å². The fourth-order valence-electron chi connectivity index (χ4n) is 4.02. The smallest absolute Gasteiger partial charge is 0.407 e. The Morgan fingerprint density at radius 3 is 2.58 bits per heavy atom. The first-order valence-corrected chi connectivity index (χ1v) is 9.24. The van der Waals surface area contributed by atoms with Crippen LogP contribution in [0.3, 0.4) is 0 Å². The Bertz CT molecular complexity index is 867. The molecule has 2 aliphatic rings. The van der Waals surface area contributed by atoms with Crippen molar-refractivity contribution >= 4 is 23.1 Å². The molecule has 138 valence electrons. The van der Waals surface area contributed by atoms with Crippen LogP contribution in [0.5, 0.6) is 0 Å². The Morgan fingerprint density at radius 2 is 1.88 bits per heavy atom. The van der Waals surface area contributed by atoms with Gasteiger partial charge >= 0.3 is 6.09 Å². The largest absolute Gasteiger partial charge is 0.465 e. The molecule has 8 heteroatoms. The van der Waals surface area contributed by atoms with E-state index >= 15 is 0 Å². The van der Waals surface area contributed by atoms with Crippen molar-refractivity contribution in [2.45, 2.75) is 50.6 Å². The molecule has 0 radical (unpaired) electrons. The molecule has 2 aromatic heterocycles. The second-order valence-electron chi connectivity index (χ2n) is 7.14. The van der Waals surface area contributed by atoms with Crippen LogP contribution >= 0.6 is 0 Å². The first-order chi connectivity index (χ1) is 12.6. The molecule has 1 aliphatic heterocycles. The molecule has 26 heavy (non-hydrogen) atoms. The van der Waals surface area contributed by atoms with Crippen molar-refractivity contribution in [1.29, 1.82) is 0 Å². The van der Waals surface area contributed by atoms with Gasteiger partial charge in [-0.05, 0) is 31.7 Å². The second kappa shape index (κ2) is 6.93. The van der Waals surface area contributed by atoms with Crippen molar-refractivity contribution < 1.29 is 9.90 Å². The lowest BCUT2D eigenvalue weighted by Crippen LogP contribution is -2.41. The number of amides is 1. The molecule has 8 nitrogen and oxygen atoms in total. The summed E-state index contributed by atoms with van der Waals surface area (Å²) in [5, 5.41) is 13.2. The van der Waals surface area contributed by atoms with E-state index in [1.165, 1.54) is 4.90 Å². The molecule has 0 bridgehead atoms. The van der Waals surface area contributed by atoms with E-state index in [1.54, 1.807) is 18.3 Å². The summed E-state index contributed by atoms with van der Waals surface area (Å²) in [6, 6.07) is 3.72. The summed E-state index contributed by atoms with van der Waals surface area (Å²) in [4.78, 5) is 33.9. The Hall–Kier alpha value is -2.64. The average Bonchev–Trinajstić information content (AvgIpc) is 3.16. The first kappa shape index (κ1) is 16.8. The van der Waals surface area contributed by atoms with Crippen LogP contribution in [0.15, 0.2) is 23.1 Å². The Labute approximate surface area is 150 Å². The number of pyridine rings is 1. The van der Waals surface area contributed by atoms with E-state index in [4.69, 9.17) is 5.11 Å². The molecule has 2 aromatic rings. The molecule has 1 saturated heterocycles. The Morgan fingerprint density at radius 1 is 1.15 bits per heavy atom. The zero-order valence-electron chi connectivity index (χ0n) is 14.6. The van der Waals surface area contributed by atoms with Gasteiger partial charge in [-0.15, -0.1) is 0 Å². The minimum absolute atomic E-state index is 0.0104. The van der Waals surface area contributed by atoms with E-state index in [-0.39, 0.29) is 17.6 Å². The molecule has 3 heterocycles. The van der Waals surface area contributed by atoms with Gasteiger partial charge in [-0.25, -0.2) is 9.78 Å². The van der Waals surface area contributed by atoms with Crippen molar-refractivity contribution in [3.63, 3.8) is 0 Å². The van der Waals surface area contributed by atoms with E-state index < -0.39 is 6.09 Å². The highest BCUT2D eigenvalue weighted by Gasteiger charge is 2.24. The molecule has 0 atom stereocenters. The van der Waals surface area contributed by atoms with Gasteiger partial charge in [0.25, 0.3) is 5.56 Å². The highest BCUT2D eigenvalue weighted by Crippen LogP contribution is 2.30. The van der Waals surface area contributed by atoms with E-state index in [2.05, 4.69) is 15.3 Å². The van der Waals surface area contributed by atoms with Crippen LogP contribution in [0.4, 0.5) is 10.7 Å². The normalized spacial score (nSPS) is 19.2. The number of hydrogen-bond donors (Lipinski definition) is 2. The summed E-state index contributed by atoms with van der Waals surface area (Å²) < 4.78 is 1.82. The van der Waals surface area contributed by atoms with Gasteiger partial charge in [0.15, 0.2) is 0 Å². The topological polar surface area (TPSA) is 100 Å². The highest BCUT2D eigenvalue weighted by atomic mass is 16.4. The second-order valence-corrected chi connectivity index (χ2v) is 7.14. The van der Waals surface area contributed by atoms with Gasteiger partial charge in [0.2, 0.25) is 5.95 Å². The third-order valence-electron chi connectivity index (χ3n) is 5.46. The van der Waals surface area contributed by atoms with Crippen molar-refractivity contribution in [1.82, 2.24) is 19.4 Å². The lowest BCUT2D eigenvalue weighted by atomic mass is 10.1. The molecular formula is C18H23N5O3. The third-order valence-corrected chi connectivity index (χ3v) is 5.46. The third kappa shape index (κ3) is 3.23. The number of carbonyl (C=O) groups is 1. The summed E-state index contributed by atoms with van der Waals surface area (Å²) in [7, 11) is 0. The van der Waals surface area contributed by atoms with Crippen molar-refractivity contribution in [2.75, 3.05) is 18.4 Å². The van der Waals surface area contributed by atoms with Crippen LogP contribution < -0.4 is 10.9 Å². The standard InChI is InChI=1S/C18H23N5O3/c24-15-6-5-12-11-19-17(20-13-7-9-22(10-8-13)18(25)26)21-16(12)23(15)14-3-1-2-4-14/h5-6,11,13-14H,1-4,7-10H2,(H,25,26)(H,19,20,21). The number of anilines is 1.